The summed E-state index contributed by atoms with van der Waals surface area (Å²) >= 11 is 5.97. The largest absolute Gasteiger partial charge is 1.00 e. The van der Waals surface area contributed by atoms with Gasteiger partial charge in [-0.3, -0.25) is 4.79 Å². The van der Waals surface area contributed by atoms with E-state index >= 15 is 0 Å². The third-order valence-corrected chi connectivity index (χ3v) is 4.88. The predicted octanol–water partition coefficient (Wildman–Crippen LogP) is -1.15. The van der Waals surface area contributed by atoms with E-state index in [0.29, 0.717) is 12.8 Å². The van der Waals surface area contributed by atoms with Crippen molar-refractivity contribution in [1.82, 2.24) is 0 Å². The average molecular weight is 609 g/mol. The molecule has 0 saturated carbocycles. The number of anilines is 1. The Balaban J connectivity index is 0.00000289. The SMILES string of the molecule is CC(=O)N(C)c1c(I)cc(I)c(C(=O)[O-])c1I.[K+]. The molecule has 18 heavy (non-hydrogen) atoms. The summed E-state index contributed by atoms with van der Waals surface area (Å²) in [6, 6.07) is 1.73. The van der Waals surface area contributed by atoms with Crippen LogP contribution in [0.1, 0.15) is 17.3 Å². The van der Waals surface area contributed by atoms with E-state index < -0.39 is 5.97 Å². The molecular weight excluding hydrogens is 602 g/mol. The van der Waals surface area contributed by atoms with E-state index in [1.807, 2.05) is 45.2 Å². The predicted molar refractivity (Wildman–Crippen MR) is 88.0 cm³/mol. The van der Waals surface area contributed by atoms with Crippen LogP contribution in [0.15, 0.2) is 6.07 Å². The van der Waals surface area contributed by atoms with Gasteiger partial charge in [0.2, 0.25) is 5.91 Å². The number of hydrogen-bond acceptors (Lipinski definition) is 3. The number of amides is 1. The summed E-state index contributed by atoms with van der Waals surface area (Å²) < 4.78 is 1.97. The number of rotatable bonds is 2. The second-order valence-corrected chi connectivity index (χ2v) is 6.65. The van der Waals surface area contributed by atoms with Crippen LogP contribution in [0.2, 0.25) is 0 Å². The molecule has 0 aromatic heterocycles. The maximum atomic E-state index is 11.4. The van der Waals surface area contributed by atoms with Gasteiger partial charge in [0.15, 0.2) is 0 Å². The number of hydrogen-bond donors (Lipinski definition) is 0. The van der Waals surface area contributed by atoms with Gasteiger partial charge in [-0.15, -0.1) is 0 Å². The molecule has 0 unspecified atom stereocenters. The Hall–Kier alpha value is 1.99. The molecule has 0 radical (unpaired) electrons. The molecule has 4 nitrogen and oxygen atoms in total. The summed E-state index contributed by atoms with van der Waals surface area (Å²) in [7, 11) is 1.62. The molecule has 1 amide bonds. The summed E-state index contributed by atoms with van der Waals surface area (Å²) in [6.45, 7) is 1.43. The van der Waals surface area contributed by atoms with Crippen LogP contribution in [0.5, 0.6) is 0 Å². The second-order valence-electron chi connectivity index (χ2n) is 3.24. The van der Waals surface area contributed by atoms with Crippen molar-refractivity contribution < 1.29 is 66.1 Å². The summed E-state index contributed by atoms with van der Waals surface area (Å²) in [6.07, 6.45) is 0. The number of carbonyl (C=O) groups excluding carboxylic acids is 2. The molecule has 0 bridgehead atoms. The summed E-state index contributed by atoms with van der Waals surface area (Å²) in [5.41, 5.74) is 0.744. The minimum Gasteiger partial charge on any atom is -0.545 e. The zero-order valence-electron chi connectivity index (χ0n) is 9.88. The quantitative estimate of drug-likeness (QED) is 0.315. The first kappa shape index (κ1) is 20.0. The normalized spacial score (nSPS) is 9.61. The Morgan fingerprint density at radius 3 is 2.11 bits per heavy atom. The minimum absolute atomic E-state index is 0. The first-order valence-electron chi connectivity index (χ1n) is 4.40. The van der Waals surface area contributed by atoms with Crippen LogP contribution < -0.4 is 61.4 Å². The van der Waals surface area contributed by atoms with Crippen LogP contribution in [0.4, 0.5) is 5.69 Å². The minimum atomic E-state index is -1.23. The Morgan fingerprint density at radius 2 is 1.72 bits per heavy atom. The van der Waals surface area contributed by atoms with E-state index in [2.05, 4.69) is 22.6 Å². The fourth-order valence-electron chi connectivity index (χ4n) is 1.23. The van der Waals surface area contributed by atoms with Gasteiger partial charge in [-0.05, 0) is 73.8 Å². The number of carbonyl (C=O) groups is 2. The van der Waals surface area contributed by atoms with Crippen LogP contribution >= 0.6 is 67.8 Å². The number of halogens is 3. The number of aromatic carboxylic acids is 1. The molecule has 8 heteroatoms. The molecule has 0 aliphatic carbocycles. The molecule has 1 aromatic rings. The van der Waals surface area contributed by atoms with Gasteiger partial charge in [-0.2, -0.15) is 0 Å². The summed E-state index contributed by atoms with van der Waals surface area (Å²) in [5.74, 6) is -1.38. The standard InChI is InChI=1S/C10H8I3NO3.K/c1-4(15)14(2)9-6(12)3-5(11)7(8(9)13)10(16)17;/h3H,1-2H3,(H,16,17);/q;+1/p-1. The number of carboxylic acids is 1. The monoisotopic (exact) mass is 609 g/mol. The Labute approximate surface area is 188 Å². The Kier molecular flexibility index (Phi) is 9.36. The molecule has 0 aliphatic heterocycles. The molecule has 0 heterocycles. The maximum Gasteiger partial charge on any atom is 1.00 e. The van der Waals surface area contributed by atoms with E-state index in [1.54, 1.807) is 13.1 Å². The molecule has 0 atom stereocenters. The molecule has 1 rings (SSSR count). The molecule has 92 valence electrons. The van der Waals surface area contributed by atoms with Crippen molar-refractivity contribution >= 4 is 85.3 Å². The van der Waals surface area contributed by atoms with Gasteiger partial charge in [0.25, 0.3) is 0 Å². The van der Waals surface area contributed by atoms with Gasteiger partial charge < -0.3 is 14.8 Å². The Morgan fingerprint density at radius 1 is 1.22 bits per heavy atom. The van der Waals surface area contributed by atoms with Crippen LogP contribution in [0.25, 0.3) is 0 Å². The van der Waals surface area contributed by atoms with E-state index in [4.69, 9.17) is 0 Å². The maximum absolute atomic E-state index is 11.4. The summed E-state index contributed by atoms with van der Waals surface area (Å²) in [4.78, 5) is 23.9. The van der Waals surface area contributed by atoms with Crippen LogP contribution in [0.3, 0.4) is 0 Å². The van der Waals surface area contributed by atoms with Gasteiger partial charge in [-0.1, -0.05) is 0 Å². The number of carboxylic acid groups (broad SMARTS) is 1. The summed E-state index contributed by atoms with van der Waals surface area (Å²) in [5, 5.41) is 11.1. The zero-order valence-corrected chi connectivity index (χ0v) is 19.5. The van der Waals surface area contributed by atoms with Crippen molar-refractivity contribution in [3.63, 3.8) is 0 Å². The van der Waals surface area contributed by atoms with Gasteiger partial charge >= 0.3 is 51.4 Å². The van der Waals surface area contributed by atoms with Gasteiger partial charge in [0.05, 0.1) is 11.7 Å². The smallest absolute Gasteiger partial charge is 0.545 e. The van der Waals surface area contributed by atoms with Crippen LogP contribution in [-0.2, 0) is 4.79 Å². The third kappa shape index (κ3) is 4.49. The molecule has 0 N–H and O–H groups in total. The number of nitrogens with zero attached hydrogens (tertiary/aromatic N) is 1. The first-order valence-corrected chi connectivity index (χ1v) is 7.64. The van der Waals surface area contributed by atoms with Crippen molar-refractivity contribution in [1.29, 1.82) is 0 Å². The topological polar surface area (TPSA) is 60.4 Å². The van der Waals surface area contributed by atoms with Crippen molar-refractivity contribution in [2.75, 3.05) is 11.9 Å². The van der Waals surface area contributed by atoms with Gasteiger partial charge in [0, 0.05) is 30.2 Å². The average Bonchev–Trinajstić information content (AvgIpc) is 2.15. The van der Waals surface area contributed by atoms with Crippen molar-refractivity contribution in [3.8, 4) is 0 Å². The molecule has 0 aliphatic rings. The fraction of sp³-hybridized carbons (Fsp3) is 0.200. The van der Waals surface area contributed by atoms with E-state index in [-0.39, 0.29) is 62.9 Å². The molecule has 0 spiro atoms. The molecule has 0 fully saturated rings. The first-order chi connectivity index (χ1) is 7.77. The zero-order chi connectivity index (χ0) is 13.3. The molecular formula is C10H7I3KNO3. The van der Waals surface area contributed by atoms with E-state index in [1.165, 1.54) is 11.8 Å². The van der Waals surface area contributed by atoms with E-state index in [9.17, 15) is 14.7 Å². The van der Waals surface area contributed by atoms with Gasteiger partial charge in [0.1, 0.15) is 0 Å². The van der Waals surface area contributed by atoms with E-state index in [0.717, 1.165) is 3.57 Å². The van der Waals surface area contributed by atoms with Crippen LogP contribution in [-0.4, -0.2) is 18.9 Å². The number of benzene rings is 1. The third-order valence-electron chi connectivity index (χ3n) is 2.16. The van der Waals surface area contributed by atoms with Crippen molar-refractivity contribution in [2.24, 2.45) is 0 Å². The van der Waals surface area contributed by atoms with Crippen molar-refractivity contribution in [3.05, 3.63) is 22.3 Å². The molecule has 1 aromatic carbocycles. The second kappa shape index (κ2) is 8.43. The van der Waals surface area contributed by atoms with Crippen LogP contribution in [0, 0.1) is 10.7 Å². The van der Waals surface area contributed by atoms with Gasteiger partial charge in [-0.25, -0.2) is 0 Å². The van der Waals surface area contributed by atoms with Crippen molar-refractivity contribution in [2.45, 2.75) is 6.92 Å². The Bertz CT molecular complexity index is 508. The fourth-order valence-corrected chi connectivity index (χ4v) is 5.77. The molecule has 0 saturated heterocycles.